The number of rotatable bonds is 4. The first-order valence-corrected chi connectivity index (χ1v) is 12.2. The van der Waals surface area contributed by atoms with Crippen molar-refractivity contribution < 1.29 is 9.32 Å². The van der Waals surface area contributed by atoms with E-state index < -0.39 is 17.5 Å². The Bertz CT molecular complexity index is 2030. The van der Waals surface area contributed by atoms with Gasteiger partial charge in [0.25, 0.3) is 17.2 Å². The Morgan fingerprint density at radius 3 is 2.70 bits per heavy atom. The molecule has 6 rings (SSSR count). The lowest BCUT2D eigenvalue weighted by Crippen LogP contribution is -2.33. The second-order valence-electron chi connectivity index (χ2n) is 8.96. The highest BCUT2D eigenvalue weighted by Gasteiger charge is 2.25. The van der Waals surface area contributed by atoms with Crippen LogP contribution in [-0.4, -0.2) is 40.4 Å². The smallest absolute Gasteiger partial charge is 0.272 e. The Labute approximate surface area is 226 Å². The van der Waals surface area contributed by atoms with Crippen molar-refractivity contribution in [1.82, 2.24) is 39.8 Å². The van der Waals surface area contributed by atoms with E-state index in [1.54, 1.807) is 79.8 Å². The summed E-state index contributed by atoms with van der Waals surface area (Å²) in [7, 11) is 1.78. The molecule has 0 aliphatic carbocycles. The predicted molar refractivity (Wildman–Crippen MR) is 146 cm³/mol. The Kier molecular flexibility index (Phi) is 6.01. The molecular formula is C28H21N9O3. The van der Waals surface area contributed by atoms with Crippen molar-refractivity contribution in [2.45, 2.75) is 13.0 Å². The van der Waals surface area contributed by atoms with Crippen molar-refractivity contribution in [3.8, 4) is 17.5 Å². The molecule has 5 aromatic heterocycles. The molecular weight excluding hydrogens is 510 g/mol. The summed E-state index contributed by atoms with van der Waals surface area (Å²) in [6, 6.07) is 11.7. The lowest BCUT2D eigenvalue weighted by molar-refractivity contribution is 0.0940. The lowest BCUT2D eigenvalue weighted by atomic mass is 10.1. The number of nitrogens with two attached hydrogens (primary N) is 1. The number of carbonyl (C=O) groups excluding carboxylic acids is 1. The molecule has 40 heavy (non-hydrogen) atoms. The lowest BCUT2D eigenvalue weighted by Gasteiger charge is -2.19. The summed E-state index contributed by atoms with van der Waals surface area (Å²) >= 11 is 0. The molecule has 196 valence electrons. The molecule has 0 saturated carbocycles. The molecule has 1 amide bonds. The van der Waals surface area contributed by atoms with Gasteiger partial charge in [0.1, 0.15) is 22.6 Å². The average Bonchev–Trinajstić information content (AvgIpc) is 3.57. The molecule has 6 aromatic rings. The Balaban J connectivity index is 1.45. The van der Waals surface area contributed by atoms with Gasteiger partial charge in [0, 0.05) is 31.0 Å². The van der Waals surface area contributed by atoms with E-state index in [2.05, 4.69) is 42.4 Å². The normalized spacial score (nSPS) is 11.8. The number of aromatic nitrogens is 7. The first-order chi connectivity index (χ1) is 19.4. The number of anilines is 1. The van der Waals surface area contributed by atoms with Gasteiger partial charge in [-0.25, -0.2) is 4.98 Å². The molecule has 3 N–H and O–H groups in total. The molecule has 1 atom stereocenters. The minimum atomic E-state index is -0.766. The summed E-state index contributed by atoms with van der Waals surface area (Å²) < 4.78 is 8.45. The molecule has 5 heterocycles. The number of benzene rings is 1. The number of nitrogens with zero attached hydrogens (tertiary/aromatic N) is 7. The summed E-state index contributed by atoms with van der Waals surface area (Å²) in [5, 5.41) is 11.8. The van der Waals surface area contributed by atoms with Gasteiger partial charge >= 0.3 is 0 Å². The van der Waals surface area contributed by atoms with Crippen LogP contribution in [0.2, 0.25) is 0 Å². The predicted octanol–water partition coefficient (Wildman–Crippen LogP) is 2.52. The molecule has 1 unspecified atom stereocenters. The quantitative estimate of drug-likeness (QED) is 0.326. The SMILES string of the molecule is CC(NC(=O)c1c(N)ncc2cccnc12)c1nc2onc(C#Cc3cnn(C)c3)c2c(=O)n1-c1ccccc1. The van der Waals surface area contributed by atoms with Crippen LogP contribution in [-0.2, 0) is 7.05 Å². The monoisotopic (exact) mass is 531 g/mol. The molecule has 0 aliphatic rings. The van der Waals surface area contributed by atoms with Gasteiger partial charge in [-0.2, -0.15) is 10.1 Å². The number of carbonyl (C=O) groups is 1. The minimum Gasteiger partial charge on any atom is -0.383 e. The van der Waals surface area contributed by atoms with Gasteiger partial charge in [-0.15, -0.1) is 0 Å². The van der Waals surface area contributed by atoms with E-state index in [0.717, 1.165) is 0 Å². The van der Waals surface area contributed by atoms with E-state index in [0.29, 0.717) is 22.2 Å². The first kappa shape index (κ1) is 24.5. The van der Waals surface area contributed by atoms with Gasteiger partial charge in [0.2, 0.25) is 0 Å². The number of aryl methyl sites for hydroxylation is 1. The zero-order valence-corrected chi connectivity index (χ0v) is 21.4. The molecule has 0 radical (unpaired) electrons. The van der Waals surface area contributed by atoms with Gasteiger partial charge in [-0.1, -0.05) is 29.3 Å². The van der Waals surface area contributed by atoms with E-state index >= 15 is 0 Å². The average molecular weight is 532 g/mol. The molecule has 12 nitrogen and oxygen atoms in total. The number of nitrogens with one attached hydrogen (secondary N) is 1. The molecule has 12 heteroatoms. The third-order valence-corrected chi connectivity index (χ3v) is 6.22. The molecule has 0 bridgehead atoms. The van der Waals surface area contributed by atoms with Gasteiger partial charge < -0.3 is 15.6 Å². The van der Waals surface area contributed by atoms with E-state index in [-0.39, 0.29) is 34.0 Å². The van der Waals surface area contributed by atoms with Gasteiger partial charge in [-0.3, -0.25) is 23.8 Å². The molecule has 1 aromatic carbocycles. The largest absolute Gasteiger partial charge is 0.383 e. The number of para-hydroxylation sites is 1. The van der Waals surface area contributed by atoms with Crippen LogP contribution in [0.25, 0.3) is 27.7 Å². The van der Waals surface area contributed by atoms with Crippen LogP contribution in [0.3, 0.4) is 0 Å². The summed E-state index contributed by atoms with van der Waals surface area (Å²) in [6.45, 7) is 1.70. The van der Waals surface area contributed by atoms with E-state index in [4.69, 9.17) is 10.3 Å². The fraction of sp³-hybridized carbons (Fsp3) is 0.107. The summed E-state index contributed by atoms with van der Waals surface area (Å²) in [6.07, 6.45) is 6.47. The van der Waals surface area contributed by atoms with E-state index in [9.17, 15) is 9.59 Å². The summed E-state index contributed by atoms with van der Waals surface area (Å²) in [5.41, 5.74) is 7.50. The first-order valence-electron chi connectivity index (χ1n) is 12.2. The Hall–Kier alpha value is -5.83. The van der Waals surface area contributed by atoms with Gasteiger partial charge in [0.15, 0.2) is 5.69 Å². The van der Waals surface area contributed by atoms with Crippen LogP contribution < -0.4 is 16.6 Å². The van der Waals surface area contributed by atoms with Crippen molar-refractivity contribution in [1.29, 1.82) is 0 Å². The number of nitrogen functional groups attached to an aromatic ring is 1. The third kappa shape index (κ3) is 4.31. The molecule has 0 fully saturated rings. The van der Waals surface area contributed by atoms with Crippen molar-refractivity contribution in [2.75, 3.05) is 5.73 Å². The zero-order chi connectivity index (χ0) is 27.8. The van der Waals surface area contributed by atoms with Crippen molar-refractivity contribution in [2.24, 2.45) is 7.05 Å². The maximum atomic E-state index is 13.9. The second-order valence-corrected chi connectivity index (χ2v) is 8.96. The third-order valence-electron chi connectivity index (χ3n) is 6.22. The van der Waals surface area contributed by atoms with Crippen LogP contribution in [0.5, 0.6) is 0 Å². The maximum Gasteiger partial charge on any atom is 0.272 e. The van der Waals surface area contributed by atoms with Crippen molar-refractivity contribution in [3.63, 3.8) is 0 Å². The standard InChI is InChI=1S/C28H21N9O3/c1-16(33-26(38)22-23-18(7-6-12-30-23)14-31-24(22)29)25-34-27-21(28(39)37(25)19-8-4-3-5-9-19)20(35-40-27)11-10-17-13-32-36(2)15-17/h3-9,12-16H,1-2H3,(H2,29,31)(H,33,38). The number of hydrogen-bond acceptors (Lipinski definition) is 9. The van der Waals surface area contributed by atoms with Crippen molar-refractivity contribution in [3.05, 3.63) is 100 Å². The molecule has 0 spiro atoms. The summed E-state index contributed by atoms with van der Waals surface area (Å²) in [5.74, 6) is 5.56. The second kappa shape index (κ2) is 9.80. The Morgan fingerprint density at radius 1 is 1.10 bits per heavy atom. The van der Waals surface area contributed by atoms with Crippen LogP contribution in [0, 0.1) is 11.8 Å². The van der Waals surface area contributed by atoms with Gasteiger partial charge in [0.05, 0.1) is 29.0 Å². The Morgan fingerprint density at radius 2 is 1.93 bits per heavy atom. The topological polar surface area (TPSA) is 160 Å². The fourth-order valence-electron chi connectivity index (χ4n) is 4.35. The molecule has 0 saturated heterocycles. The number of fused-ring (bicyclic) bond motifs is 2. The fourth-order valence-corrected chi connectivity index (χ4v) is 4.35. The van der Waals surface area contributed by atoms with E-state index in [1.165, 1.54) is 4.57 Å². The zero-order valence-electron chi connectivity index (χ0n) is 21.4. The van der Waals surface area contributed by atoms with Crippen LogP contribution >= 0.6 is 0 Å². The highest BCUT2D eigenvalue weighted by molar-refractivity contribution is 6.09. The number of pyridine rings is 2. The highest BCUT2D eigenvalue weighted by Crippen LogP contribution is 2.23. The number of amides is 1. The summed E-state index contributed by atoms with van der Waals surface area (Å²) in [4.78, 5) is 40.4. The van der Waals surface area contributed by atoms with Crippen LogP contribution in [0.1, 0.15) is 40.4 Å². The van der Waals surface area contributed by atoms with Crippen LogP contribution in [0.4, 0.5) is 5.82 Å². The van der Waals surface area contributed by atoms with Gasteiger partial charge in [-0.05, 0) is 37.1 Å². The maximum absolute atomic E-state index is 13.9. The number of hydrogen-bond donors (Lipinski definition) is 2. The molecule has 0 aliphatic heterocycles. The van der Waals surface area contributed by atoms with E-state index in [1.807, 2.05) is 6.07 Å². The van der Waals surface area contributed by atoms with Crippen LogP contribution in [0.15, 0.2) is 76.6 Å². The van der Waals surface area contributed by atoms with Crippen molar-refractivity contribution >= 4 is 33.7 Å². The highest BCUT2D eigenvalue weighted by atomic mass is 16.5. The minimum absolute atomic E-state index is 0.00299.